The fraction of sp³-hybridized carbons (Fsp3) is 0.526. The average molecular weight is 397 g/mol. The van der Waals surface area contributed by atoms with Gasteiger partial charge in [-0.15, -0.1) is 0 Å². The van der Waals surface area contributed by atoms with Crippen molar-refractivity contribution in [1.82, 2.24) is 14.9 Å². The number of hydrogen-bond acceptors (Lipinski definition) is 4. The number of nitrogens with zero attached hydrogens (tertiary/aromatic N) is 3. The van der Waals surface area contributed by atoms with Gasteiger partial charge in [-0.25, -0.2) is 9.97 Å². The smallest absolute Gasteiger partial charge is 0.339 e. The van der Waals surface area contributed by atoms with Crippen molar-refractivity contribution in [1.29, 1.82) is 0 Å². The lowest BCUT2D eigenvalue weighted by atomic mass is 10.00. The molecule has 4 nitrogen and oxygen atoms in total. The van der Waals surface area contributed by atoms with Crippen molar-refractivity contribution in [2.24, 2.45) is 0 Å². The Morgan fingerprint density at radius 3 is 2.74 bits per heavy atom. The van der Waals surface area contributed by atoms with E-state index in [1.165, 1.54) is 6.07 Å². The molecular formula is C19H22F3N3OS. The molecule has 0 radical (unpaired) electrons. The van der Waals surface area contributed by atoms with Crippen LogP contribution in [0, 0.1) is 0 Å². The molecule has 27 heavy (non-hydrogen) atoms. The molecule has 2 atom stereocenters. The predicted molar refractivity (Wildman–Crippen MR) is 99.5 cm³/mol. The Bertz CT molecular complexity index is 827. The van der Waals surface area contributed by atoms with Crippen LogP contribution >= 0.6 is 11.8 Å². The molecule has 1 aliphatic rings. The highest BCUT2D eigenvalue weighted by atomic mass is 32.2. The number of thioether (sulfide) groups is 1. The zero-order valence-corrected chi connectivity index (χ0v) is 16.1. The molecule has 1 saturated heterocycles. The summed E-state index contributed by atoms with van der Waals surface area (Å²) in [6.45, 7) is 4.50. The standard InChI is InChI=1S/C19H22F3N3OS/c1-3-13-8-6-7-11-25(13)17(26)12(2)27-16-14-9-4-5-10-15(14)23-18(24-16)19(20,21)22/h4-5,9-10,12-13H,3,6-8,11H2,1-2H3. The number of carbonyl (C=O) groups excluding carboxylic acids is 1. The van der Waals surface area contributed by atoms with Crippen molar-refractivity contribution in [3.8, 4) is 0 Å². The van der Waals surface area contributed by atoms with E-state index >= 15 is 0 Å². The van der Waals surface area contributed by atoms with Crippen molar-refractivity contribution in [2.45, 2.75) is 62.0 Å². The Balaban J connectivity index is 1.89. The number of alkyl halides is 3. The summed E-state index contributed by atoms with van der Waals surface area (Å²) in [7, 11) is 0. The molecule has 8 heteroatoms. The molecule has 3 rings (SSSR count). The van der Waals surface area contributed by atoms with Gasteiger partial charge in [0.1, 0.15) is 5.03 Å². The number of amides is 1. The summed E-state index contributed by atoms with van der Waals surface area (Å²) in [6.07, 6.45) is -0.692. The lowest BCUT2D eigenvalue weighted by Crippen LogP contribution is -2.46. The van der Waals surface area contributed by atoms with Gasteiger partial charge in [-0.05, 0) is 38.7 Å². The van der Waals surface area contributed by atoms with E-state index in [-0.39, 0.29) is 22.5 Å². The Labute approximate surface area is 160 Å². The topological polar surface area (TPSA) is 46.1 Å². The summed E-state index contributed by atoms with van der Waals surface area (Å²) in [4.78, 5) is 22.2. The molecule has 0 spiro atoms. The molecule has 0 bridgehead atoms. The zero-order valence-electron chi connectivity index (χ0n) is 15.3. The number of aromatic nitrogens is 2. The van der Waals surface area contributed by atoms with Crippen molar-refractivity contribution in [3.63, 3.8) is 0 Å². The summed E-state index contributed by atoms with van der Waals surface area (Å²) in [5, 5.41) is 0.205. The first-order valence-corrected chi connectivity index (χ1v) is 10.00. The molecule has 0 aliphatic carbocycles. The van der Waals surface area contributed by atoms with E-state index < -0.39 is 17.3 Å². The van der Waals surface area contributed by atoms with E-state index in [9.17, 15) is 18.0 Å². The van der Waals surface area contributed by atoms with Crippen LogP contribution in [-0.4, -0.2) is 38.6 Å². The number of rotatable bonds is 4. The molecule has 2 heterocycles. The van der Waals surface area contributed by atoms with Crippen LogP contribution in [0.25, 0.3) is 10.9 Å². The van der Waals surface area contributed by atoms with Gasteiger partial charge in [0, 0.05) is 18.0 Å². The Morgan fingerprint density at radius 1 is 1.30 bits per heavy atom. The van der Waals surface area contributed by atoms with Gasteiger partial charge >= 0.3 is 6.18 Å². The van der Waals surface area contributed by atoms with Gasteiger partial charge in [0.05, 0.1) is 10.8 Å². The second-order valence-electron chi connectivity index (χ2n) is 6.72. The van der Waals surface area contributed by atoms with Crippen LogP contribution in [0.1, 0.15) is 45.4 Å². The summed E-state index contributed by atoms with van der Waals surface area (Å²) < 4.78 is 39.5. The van der Waals surface area contributed by atoms with Crippen LogP contribution in [0.4, 0.5) is 13.2 Å². The second-order valence-corrected chi connectivity index (χ2v) is 8.05. The average Bonchev–Trinajstić information content (AvgIpc) is 2.66. The van der Waals surface area contributed by atoms with Crippen molar-refractivity contribution in [2.75, 3.05) is 6.54 Å². The number of benzene rings is 1. The molecule has 1 amide bonds. The highest BCUT2D eigenvalue weighted by molar-refractivity contribution is 8.00. The van der Waals surface area contributed by atoms with Crippen molar-refractivity contribution < 1.29 is 18.0 Å². The van der Waals surface area contributed by atoms with Crippen molar-refractivity contribution >= 4 is 28.6 Å². The minimum Gasteiger partial charge on any atom is -0.339 e. The van der Waals surface area contributed by atoms with E-state index in [4.69, 9.17) is 0 Å². The first-order valence-electron chi connectivity index (χ1n) is 9.12. The van der Waals surface area contributed by atoms with Gasteiger partial charge < -0.3 is 4.90 Å². The minimum atomic E-state index is -4.63. The maximum atomic E-state index is 13.2. The van der Waals surface area contributed by atoms with Crippen LogP contribution in [0.2, 0.25) is 0 Å². The minimum absolute atomic E-state index is 0.0391. The third-order valence-corrected chi connectivity index (χ3v) is 5.93. The maximum absolute atomic E-state index is 13.2. The number of para-hydroxylation sites is 1. The van der Waals surface area contributed by atoms with E-state index in [2.05, 4.69) is 16.9 Å². The van der Waals surface area contributed by atoms with Crippen LogP contribution in [0.5, 0.6) is 0 Å². The zero-order chi connectivity index (χ0) is 19.6. The first-order chi connectivity index (χ1) is 12.8. The summed E-state index contributed by atoms with van der Waals surface area (Å²) >= 11 is 1.08. The lowest BCUT2D eigenvalue weighted by molar-refractivity contribution is -0.145. The fourth-order valence-corrected chi connectivity index (χ4v) is 4.44. The molecule has 1 aromatic carbocycles. The number of carbonyl (C=O) groups is 1. The van der Waals surface area contributed by atoms with Gasteiger partial charge in [0.2, 0.25) is 11.7 Å². The number of hydrogen-bond donors (Lipinski definition) is 0. The SMILES string of the molecule is CCC1CCCCN1C(=O)C(C)Sc1nc(C(F)(F)F)nc2ccccc12. The van der Waals surface area contributed by atoms with Gasteiger partial charge in [-0.3, -0.25) is 4.79 Å². The molecule has 2 unspecified atom stereocenters. The molecular weight excluding hydrogens is 375 g/mol. The number of likely N-dealkylation sites (tertiary alicyclic amines) is 1. The highest BCUT2D eigenvalue weighted by Crippen LogP contribution is 2.34. The van der Waals surface area contributed by atoms with E-state index in [1.807, 2.05) is 4.90 Å². The van der Waals surface area contributed by atoms with Crippen molar-refractivity contribution in [3.05, 3.63) is 30.1 Å². The van der Waals surface area contributed by atoms with Gasteiger partial charge in [-0.2, -0.15) is 13.2 Å². The van der Waals surface area contributed by atoms with E-state index in [0.717, 1.165) is 37.4 Å². The Hall–Kier alpha value is -1.83. The highest BCUT2D eigenvalue weighted by Gasteiger charge is 2.36. The van der Waals surface area contributed by atoms with Crippen LogP contribution in [-0.2, 0) is 11.0 Å². The third kappa shape index (κ3) is 4.36. The maximum Gasteiger partial charge on any atom is 0.451 e. The lowest BCUT2D eigenvalue weighted by Gasteiger charge is -2.36. The predicted octanol–water partition coefficient (Wildman–Crippen LogP) is 4.92. The monoisotopic (exact) mass is 397 g/mol. The summed E-state index contributed by atoms with van der Waals surface area (Å²) in [5.74, 6) is -1.21. The Morgan fingerprint density at radius 2 is 2.04 bits per heavy atom. The quantitative estimate of drug-likeness (QED) is 0.543. The largest absolute Gasteiger partial charge is 0.451 e. The Kier molecular flexibility index (Phi) is 5.93. The third-order valence-electron chi connectivity index (χ3n) is 4.84. The molecule has 0 saturated carbocycles. The van der Waals surface area contributed by atoms with Gasteiger partial charge in [-0.1, -0.05) is 36.9 Å². The molecule has 1 aliphatic heterocycles. The van der Waals surface area contributed by atoms with Crippen LogP contribution in [0.3, 0.4) is 0 Å². The number of halogens is 3. The molecule has 1 aromatic heterocycles. The van der Waals surface area contributed by atoms with E-state index in [1.54, 1.807) is 25.1 Å². The summed E-state index contributed by atoms with van der Waals surface area (Å²) in [5.41, 5.74) is 0.228. The molecule has 0 N–H and O–H groups in total. The number of piperidine rings is 1. The van der Waals surface area contributed by atoms with Gasteiger partial charge in [0.25, 0.3) is 0 Å². The van der Waals surface area contributed by atoms with E-state index in [0.29, 0.717) is 11.9 Å². The van der Waals surface area contributed by atoms with Crippen LogP contribution in [0.15, 0.2) is 29.3 Å². The first kappa shape index (κ1) is 19.9. The van der Waals surface area contributed by atoms with Gasteiger partial charge in [0.15, 0.2) is 0 Å². The molecule has 2 aromatic rings. The summed E-state index contributed by atoms with van der Waals surface area (Å²) in [6, 6.07) is 6.79. The van der Waals surface area contributed by atoms with Crippen LogP contribution < -0.4 is 0 Å². The fourth-order valence-electron chi connectivity index (χ4n) is 3.43. The number of fused-ring (bicyclic) bond motifs is 1. The molecule has 146 valence electrons. The normalized spacial score (nSPS) is 19.3. The molecule has 1 fully saturated rings. The second kappa shape index (κ2) is 8.04.